The zero-order chi connectivity index (χ0) is 14.1. The number of fused-ring (bicyclic) bond motifs is 1. The third kappa shape index (κ3) is 2.31. The molecule has 1 atom stereocenters. The lowest BCUT2D eigenvalue weighted by Gasteiger charge is -2.14. The second kappa shape index (κ2) is 5.07. The standard InChI is InChI=1S/C16H17N3O/c17-9-10-2-1-3-11(6-10)16(18)12-4-5-14-13(7-12)8-15(20)19-14/h1-7,16H,8-9,17-18H2,(H,19,20). The van der Waals surface area contributed by atoms with Crippen LogP contribution in [0.15, 0.2) is 42.5 Å². The van der Waals surface area contributed by atoms with Crippen LogP contribution < -0.4 is 16.8 Å². The molecule has 2 aromatic rings. The monoisotopic (exact) mass is 267 g/mol. The van der Waals surface area contributed by atoms with Gasteiger partial charge >= 0.3 is 0 Å². The summed E-state index contributed by atoms with van der Waals surface area (Å²) in [7, 11) is 0. The Morgan fingerprint density at radius 1 is 1.15 bits per heavy atom. The lowest BCUT2D eigenvalue weighted by Crippen LogP contribution is -2.12. The second-order valence-corrected chi connectivity index (χ2v) is 5.07. The third-order valence-electron chi connectivity index (χ3n) is 3.66. The Morgan fingerprint density at radius 2 is 1.95 bits per heavy atom. The van der Waals surface area contributed by atoms with Gasteiger partial charge in [0.25, 0.3) is 0 Å². The van der Waals surface area contributed by atoms with E-state index in [1.54, 1.807) is 0 Å². The molecule has 0 saturated carbocycles. The Balaban J connectivity index is 1.92. The van der Waals surface area contributed by atoms with E-state index in [1.807, 2.05) is 42.5 Å². The highest BCUT2D eigenvalue weighted by molar-refractivity contribution is 5.99. The maximum absolute atomic E-state index is 11.4. The van der Waals surface area contributed by atoms with Gasteiger partial charge in [-0.25, -0.2) is 0 Å². The number of benzene rings is 2. The first kappa shape index (κ1) is 12.8. The number of rotatable bonds is 3. The molecule has 20 heavy (non-hydrogen) atoms. The first-order chi connectivity index (χ1) is 9.67. The third-order valence-corrected chi connectivity index (χ3v) is 3.66. The van der Waals surface area contributed by atoms with Crippen LogP contribution in [0.2, 0.25) is 0 Å². The van der Waals surface area contributed by atoms with Crippen molar-refractivity contribution in [3.8, 4) is 0 Å². The largest absolute Gasteiger partial charge is 0.326 e. The molecule has 4 heteroatoms. The highest BCUT2D eigenvalue weighted by atomic mass is 16.1. The smallest absolute Gasteiger partial charge is 0.228 e. The van der Waals surface area contributed by atoms with Gasteiger partial charge in [-0.2, -0.15) is 0 Å². The summed E-state index contributed by atoms with van der Waals surface area (Å²) in [4.78, 5) is 11.4. The molecule has 0 aliphatic carbocycles. The maximum atomic E-state index is 11.4. The molecule has 3 rings (SSSR count). The highest BCUT2D eigenvalue weighted by Crippen LogP contribution is 2.28. The molecule has 0 bridgehead atoms. The van der Waals surface area contributed by atoms with Crippen LogP contribution in [0.5, 0.6) is 0 Å². The molecule has 0 radical (unpaired) electrons. The average molecular weight is 267 g/mol. The molecule has 2 aromatic carbocycles. The number of carbonyl (C=O) groups is 1. The molecule has 1 unspecified atom stereocenters. The number of carbonyl (C=O) groups excluding carboxylic acids is 1. The molecule has 0 spiro atoms. The molecule has 1 heterocycles. The van der Waals surface area contributed by atoms with Crippen LogP contribution in [0.25, 0.3) is 0 Å². The number of hydrogen-bond donors (Lipinski definition) is 3. The average Bonchev–Trinajstić information content (AvgIpc) is 2.85. The topological polar surface area (TPSA) is 81.1 Å². The first-order valence-corrected chi connectivity index (χ1v) is 6.64. The fourth-order valence-corrected chi connectivity index (χ4v) is 2.55. The molecule has 1 aliphatic heterocycles. The van der Waals surface area contributed by atoms with Crippen molar-refractivity contribution in [2.75, 3.05) is 5.32 Å². The van der Waals surface area contributed by atoms with Crippen molar-refractivity contribution >= 4 is 11.6 Å². The van der Waals surface area contributed by atoms with Gasteiger partial charge in [0.15, 0.2) is 0 Å². The fraction of sp³-hybridized carbons (Fsp3) is 0.188. The number of anilines is 1. The quantitative estimate of drug-likeness (QED) is 0.791. The van der Waals surface area contributed by atoms with E-state index in [2.05, 4.69) is 5.32 Å². The SMILES string of the molecule is NCc1cccc(C(N)c2ccc3c(c2)CC(=O)N3)c1. The minimum absolute atomic E-state index is 0.0378. The van der Waals surface area contributed by atoms with Gasteiger partial charge < -0.3 is 16.8 Å². The molecule has 0 fully saturated rings. The number of nitrogens with one attached hydrogen (secondary N) is 1. The van der Waals surface area contributed by atoms with Gasteiger partial charge in [-0.3, -0.25) is 4.79 Å². The Morgan fingerprint density at radius 3 is 2.75 bits per heavy atom. The lowest BCUT2D eigenvalue weighted by atomic mass is 9.96. The van der Waals surface area contributed by atoms with E-state index in [9.17, 15) is 4.79 Å². The summed E-state index contributed by atoms with van der Waals surface area (Å²) in [6.07, 6.45) is 0.429. The second-order valence-electron chi connectivity index (χ2n) is 5.07. The van der Waals surface area contributed by atoms with E-state index in [4.69, 9.17) is 11.5 Å². The first-order valence-electron chi connectivity index (χ1n) is 6.64. The zero-order valence-electron chi connectivity index (χ0n) is 11.1. The van der Waals surface area contributed by atoms with Crippen LogP contribution in [-0.4, -0.2) is 5.91 Å². The van der Waals surface area contributed by atoms with Crippen molar-refractivity contribution in [2.45, 2.75) is 19.0 Å². The van der Waals surface area contributed by atoms with E-state index < -0.39 is 0 Å². The van der Waals surface area contributed by atoms with E-state index in [-0.39, 0.29) is 11.9 Å². The minimum Gasteiger partial charge on any atom is -0.326 e. The van der Waals surface area contributed by atoms with Crippen molar-refractivity contribution in [3.05, 3.63) is 64.7 Å². The maximum Gasteiger partial charge on any atom is 0.228 e. The van der Waals surface area contributed by atoms with E-state index in [0.717, 1.165) is 27.9 Å². The lowest BCUT2D eigenvalue weighted by molar-refractivity contribution is -0.115. The van der Waals surface area contributed by atoms with Gasteiger partial charge in [-0.1, -0.05) is 36.4 Å². The van der Waals surface area contributed by atoms with Crippen LogP contribution in [0, 0.1) is 0 Å². The normalized spacial score (nSPS) is 14.8. The van der Waals surface area contributed by atoms with E-state index in [0.29, 0.717) is 13.0 Å². The molecule has 1 amide bonds. The minimum atomic E-state index is -0.206. The van der Waals surface area contributed by atoms with Gasteiger partial charge in [0.1, 0.15) is 0 Å². The van der Waals surface area contributed by atoms with Crippen LogP contribution in [0.1, 0.15) is 28.3 Å². The predicted octanol–water partition coefficient (Wildman–Crippen LogP) is 1.69. The molecule has 4 nitrogen and oxygen atoms in total. The Labute approximate surface area is 117 Å². The molecule has 0 aromatic heterocycles. The van der Waals surface area contributed by atoms with Crippen molar-refractivity contribution in [1.29, 1.82) is 0 Å². The summed E-state index contributed by atoms with van der Waals surface area (Å²) in [6.45, 7) is 0.503. The van der Waals surface area contributed by atoms with Crippen molar-refractivity contribution in [1.82, 2.24) is 0 Å². The highest BCUT2D eigenvalue weighted by Gasteiger charge is 2.19. The summed E-state index contributed by atoms with van der Waals surface area (Å²) in [5, 5.41) is 2.83. The Hall–Kier alpha value is -2.17. The van der Waals surface area contributed by atoms with Crippen LogP contribution in [0.3, 0.4) is 0 Å². The van der Waals surface area contributed by atoms with Gasteiger partial charge in [-0.15, -0.1) is 0 Å². The van der Waals surface area contributed by atoms with Crippen LogP contribution in [0.4, 0.5) is 5.69 Å². The van der Waals surface area contributed by atoms with Crippen LogP contribution >= 0.6 is 0 Å². The molecule has 0 saturated heterocycles. The predicted molar refractivity (Wildman–Crippen MR) is 79.1 cm³/mol. The summed E-state index contributed by atoms with van der Waals surface area (Å²) < 4.78 is 0. The molecule has 1 aliphatic rings. The van der Waals surface area contributed by atoms with E-state index in [1.165, 1.54) is 0 Å². The van der Waals surface area contributed by atoms with Crippen molar-refractivity contribution < 1.29 is 4.79 Å². The summed E-state index contributed by atoms with van der Waals surface area (Å²) in [6, 6.07) is 13.7. The molecular formula is C16H17N3O. The summed E-state index contributed by atoms with van der Waals surface area (Å²) in [5.74, 6) is 0.0378. The van der Waals surface area contributed by atoms with Gasteiger partial charge in [-0.05, 0) is 28.3 Å². The Bertz CT molecular complexity index is 667. The van der Waals surface area contributed by atoms with Crippen LogP contribution in [-0.2, 0) is 17.8 Å². The number of hydrogen-bond acceptors (Lipinski definition) is 3. The summed E-state index contributed by atoms with van der Waals surface area (Å²) >= 11 is 0. The zero-order valence-corrected chi connectivity index (χ0v) is 11.1. The molecule has 102 valence electrons. The summed E-state index contributed by atoms with van der Waals surface area (Å²) in [5.41, 5.74) is 17.0. The van der Waals surface area contributed by atoms with Gasteiger partial charge in [0, 0.05) is 12.2 Å². The van der Waals surface area contributed by atoms with E-state index >= 15 is 0 Å². The van der Waals surface area contributed by atoms with Gasteiger partial charge in [0.2, 0.25) is 5.91 Å². The fourth-order valence-electron chi connectivity index (χ4n) is 2.55. The van der Waals surface area contributed by atoms with Crippen molar-refractivity contribution in [2.24, 2.45) is 11.5 Å². The molecule has 5 N–H and O–H groups in total. The number of nitrogens with two attached hydrogens (primary N) is 2. The number of amides is 1. The van der Waals surface area contributed by atoms with Gasteiger partial charge in [0.05, 0.1) is 12.5 Å². The van der Waals surface area contributed by atoms with Crippen molar-refractivity contribution in [3.63, 3.8) is 0 Å². The molecular weight excluding hydrogens is 250 g/mol. The Kier molecular flexibility index (Phi) is 3.26.